The van der Waals surface area contributed by atoms with Crippen LogP contribution in [-0.2, 0) is 5.75 Å². The standard InChI is InChI=1S/C13H14ClN5S/c1-8(2)19-12(16)17-18-13(19)20-7-10-4-3-9(6-15)5-11(10)14/h3-5,8H,7H2,1-2H3,(H2,16,17). The molecule has 0 atom stereocenters. The second-order valence-electron chi connectivity index (χ2n) is 4.51. The van der Waals surface area contributed by atoms with Crippen LogP contribution in [0.3, 0.4) is 0 Å². The van der Waals surface area contributed by atoms with Crippen molar-refractivity contribution < 1.29 is 0 Å². The molecular formula is C13H14ClN5S. The Morgan fingerprint density at radius 1 is 1.45 bits per heavy atom. The highest BCUT2D eigenvalue weighted by atomic mass is 35.5. The first-order valence-electron chi connectivity index (χ1n) is 6.04. The molecule has 0 bridgehead atoms. The maximum Gasteiger partial charge on any atom is 0.222 e. The summed E-state index contributed by atoms with van der Waals surface area (Å²) in [6.07, 6.45) is 0. The zero-order valence-electron chi connectivity index (χ0n) is 11.2. The molecule has 0 saturated heterocycles. The monoisotopic (exact) mass is 307 g/mol. The number of hydrogen-bond donors (Lipinski definition) is 1. The Hall–Kier alpha value is -1.71. The van der Waals surface area contributed by atoms with Gasteiger partial charge in [0.1, 0.15) is 0 Å². The lowest BCUT2D eigenvalue weighted by molar-refractivity contribution is 0.557. The van der Waals surface area contributed by atoms with Crippen LogP contribution in [0.15, 0.2) is 23.4 Å². The third-order valence-corrected chi connectivity index (χ3v) is 4.09. The summed E-state index contributed by atoms with van der Waals surface area (Å²) in [6.45, 7) is 4.05. The average molecular weight is 308 g/mol. The molecule has 2 N–H and O–H groups in total. The minimum Gasteiger partial charge on any atom is -0.368 e. The molecule has 0 spiro atoms. The van der Waals surface area contributed by atoms with Gasteiger partial charge in [0.2, 0.25) is 5.95 Å². The van der Waals surface area contributed by atoms with E-state index in [0.717, 1.165) is 10.7 Å². The fourth-order valence-corrected chi connectivity index (χ4v) is 3.15. The largest absolute Gasteiger partial charge is 0.368 e. The molecule has 5 nitrogen and oxygen atoms in total. The van der Waals surface area contributed by atoms with Gasteiger partial charge in [0.15, 0.2) is 5.16 Å². The SMILES string of the molecule is CC(C)n1c(N)nnc1SCc1ccc(C#N)cc1Cl. The molecule has 1 aromatic heterocycles. The molecule has 2 aromatic rings. The van der Waals surface area contributed by atoms with Crippen molar-refractivity contribution in [2.24, 2.45) is 0 Å². The van der Waals surface area contributed by atoms with E-state index in [4.69, 9.17) is 22.6 Å². The molecule has 7 heteroatoms. The number of nitriles is 1. The van der Waals surface area contributed by atoms with E-state index in [9.17, 15) is 0 Å². The van der Waals surface area contributed by atoms with Crippen molar-refractivity contribution in [3.8, 4) is 6.07 Å². The van der Waals surface area contributed by atoms with Gasteiger partial charge in [0, 0.05) is 16.8 Å². The van der Waals surface area contributed by atoms with Gasteiger partial charge >= 0.3 is 0 Å². The number of rotatable bonds is 4. The second kappa shape index (κ2) is 6.16. The first kappa shape index (κ1) is 14.7. The number of aromatic nitrogens is 3. The van der Waals surface area contributed by atoms with Crippen LogP contribution in [0.1, 0.15) is 31.0 Å². The average Bonchev–Trinajstić information content (AvgIpc) is 2.78. The quantitative estimate of drug-likeness (QED) is 0.877. The van der Waals surface area contributed by atoms with Crippen LogP contribution in [0, 0.1) is 11.3 Å². The normalized spacial score (nSPS) is 10.8. The fraction of sp³-hybridized carbons (Fsp3) is 0.308. The van der Waals surface area contributed by atoms with Crippen molar-refractivity contribution in [3.63, 3.8) is 0 Å². The third kappa shape index (κ3) is 3.06. The molecule has 2 rings (SSSR count). The van der Waals surface area contributed by atoms with E-state index < -0.39 is 0 Å². The molecule has 0 aliphatic rings. The topological polar surface area (TPSA) is 80.5 Å². The number of nitrogen functional groups attached to an aromatic ring is 1. The van der Waals surface area contributed by atoms with Gasteiger partial charge in [0.05, 0.1) is 11.6 Å². The number of nitrogens with two attached hydrogens (primary N) is 1. The summed E-state index contributed by atoms with van der Waals surface area (Å²) in [6, 6.07) is 7.53. The van der Waals surface area contributed by atoms with E-state index in [0.29, 0.717) is 22.3 Å². The molecule has 0 unspecified atom stereocenters. The number of halogens is 1. The smallest absolute Gasteiger partial charge is 0.222 e. The van der Waals surface area contributed by atoms with E-state index in [1.165, 1.54) is 11.8 Å². The van der Waals surface area contributed by atoms with Gasteiger partial charge < -0.3 is 5.73 Å². The van der Waals surface area contributed by atoms with Crippen LogP contribution >= 0.6 is 23.4 Å². The van der Waals surface area contributed by atoms with Crippen molar-refractivity contribution >= 4 is 29.3 Å². The van der Waals surface area contributed by atoms with Crippen molar-refractivity contribution in [3.05, 3.63) is 34.3 Å². The lowest BCUT2D eigenvalue weighted by Crippen LogP contribution is -2.07. The van der Waals surface area contributed by atoms with Crippen molar-refractivity contribution in [1.29, 1.82) is 5.26 Å². The van der Waals surface area contributed by atoms with Gasteiger partial charge in [-0.1, -0.05) is 29.4 Å². The predicted molar refractivity (Wildman–Crippen MR) is 80.5 cm³/mol. The molecule has 0 radical (unpaired) electrons. The maximum absolute atomic E-state index is 8.81. The molecule has 20 heavy (non-hydrogen) atoms. The van der Waals surface area contributed by atoms with Crippen molar-refractivity contribution in [2.45, 2.75) is 30.8 Å². The highest BCUT2D eigenvalue weighted by Crippen LogP contribution is 2.28. The number of benzene rings is 1. The summed E-state index contributed by atoms with van der Waals surface area (Å²) in [5.41, 5.74) is 7.30. The van der Waals surface area contributed by atoms with E-state index in [-0.39, 0.29) is 6.04 Å². The van der Waals surface area contributed by atoms with Crippen molar-refractivity contribution in [2.75, 3.05) is 5.73 Å². The minimum absolute atomic E-state index is 0.198. The summed E-state index contributed by atoms with van der Waals surface area (Å²) in [5, 5.41) is 18.1. The predicted octanol–water partition coefficient (Wildman–Crippen LogP) is 3.26. The van der Waals surface area contributed by atoms with E-state index in [1.54, 1.807) is 12.1 Å². The lowest BCUT2D eigenvalue weighted by Gasteiger charge is -2.11. The number of anilines is 1. The van der Waals surface area contributed by atoms with Crippen LogP contribution in [-0.4, -0.2) is 14.8 Å². The zero-order valence-corrected chi connectivity index (χ0v) is 12.7. The zero-order chi connectivity index (χ0) is 14.7. The van der Waals surface area contributed by atoms with Crippen LogP contribution < -0.4 is 5.73 Å². The molecule has 0 saturated carbocycles. The van der Waals surface area contributed by atoms with Gasteiger partial charge in [-0.2, -0.15) is 5.26 Å². The van der Waals surface area contributed by atoms with Crippen LogP contribution in [0.5, 0.6) is 0 Å². The van der Waals surface area contributed by atoms with E-state index in [1.807, 2.05) is 24.5 Å². The van der Waals surface area contributed by atoms with E-state index >= 15 is 0 Å². The highest BCUT2D eigenvalue weighted by molar-refractivity contribution is 7.98. The van der Waals surface area contributed by atoms with Crippen molar-refractivity contribution in [1.82, 2.24) is 14.8 Å². The molecule has 0 aliphatic heterocycles. The third-order valence-electron chi connectivity index (χ3n) is 2.75. The molecule has 0 aliphatic carbocycles. The first-order chi connectivity index (χ1) is 9.52. The van der Waals surface area contributed by atoms with Gasteiger partial charge in [0.25, 0.3) is 0 Å². The van der Waals surface area contributed by atoms with Gasteiger partial charge in [-0.05, 0) is 31.5 Å². The van der Waals surface area contributed by atoms with Gasteiger partial charge in [-0.15, -0.1) is 10.2 Å². The van der Waals surface area contributed by atoms with Crippen LogP contribution in [0.2, 0.25) is 5.02 Å². The number of nitrogens with zero attached hydrogens (tertiary/aromatic N) is 4. The lowest BCUT2D eigenvalue weighted by atomic mass is 10.2. The molecule has 104 valence electrons. The summed E-state index contributed by atoms with van der Waals surface area (Å²) in [5.74, 6) is 1.06. The summed E-state index contributed by atoms with van der Waals surface area (Å²) in [7, 11) is 0. The summed E-state index contributed by atoms with van der Waals surface area (Å²) in [4.78, 5) is 0. The first-order valence-corrected chi connectivity index (χ1v) is 7.41. The highest BCUT2D eigenvalue weighted by Gasteiger charge is 2.13. The fourth-order valence-electron chi connectivity index (χ4n) is 1.75. The van der Waals surface area contributed by atoms with Gasteiger partial charge in [-0.25, -0.2) is 0 Å². The number of hydrogen-bond acceptors (Lipinski definition) is 5. The summed E-state index contributed by atoms with van der Waals surface area (Å²) < 4.78 is 1.88. The molecule has 1 heterocycles. The summed E-state index contributed by atoms with van der Waals surface area (Å²) >= 11 is 7.67. The Labute approximate surface area is 126 Å². The Morgan fingerprint density at radius 3 is 2.80 bits per heavy atom. The Balaban J connectivity index is 2.16. The van der Waals surface area contributed by atoms with Crippen LogP contribution in [0.25, 0.3) is 0 Å². The Bertz CT molecular complexity index is 659. The van der Waals surface area contributed by atoms with Gasteiger partial charge in [-0.3, -0.25) is 4.57 Å². The van der Waals surface area contributed by atoms with E-state index in [2.05, 4.69) is 16.3 Å². The molecule has 0 fully saturated rings. The Morgan fingerprint density at radius 2 is 2.20 bits per heavy atom. The minimum atomic E-state index is 0.198. The molecular weight excluding hydrogens is 294 g/mol. The number of thioether (sulfide) groups is 1. The van der Waals surface area contributed by atoms with Crippen LogP contribution in [0.4, 0.5) is 5.95 Å². The molecule has 0 amide bonds. The Kier molecular flexibility index (Phi) is 4.53. The maximum atomic E-state index is 8.81. The molecule has 1 aromatic carbocycles. The second-order valence-corrected chi connectivity index (χ2v) is 5.86.